The number of anilines is 2. The molecule has 1 aliphatic heterocycles. The highest BCUT2D eigenvalue weighted by Crippen LogP contribution is 2.26. The van der Waals surface area contributed by atoms with Crippen molar-refractivity contribution in [2.75, 3.05) is 42.1 Å². The van der Waals surface area contributed by atoms with E-state index in [-0.39, 0.29) is 11.7 Å². The van der Waals surface area contributed by atoms with E-state index in [1.165, 1.54) is 46.5 Å². The number of carbonyl (C=O) groups excluding carboxylic acids is 1. The monoisotopic (exact) mass is 457 g/mol. The second kappa shape index (κ2) is 10.1. The summed E-state index contributed by atoms with van der Waals surface area (Å²) in [4.78, 5) is 16.9. The van der Waals surface area contributed by atoms with Crippen molar-refractivity contribution in [3.05, 3.63) is 65.5 Å². The second-order valence-electron chi connectivity index (χ2n) is 7.35. The number of halogens is 1. The number of amides is 1. The largest absolute Gasteiger partial charge is 0.368 e. The predicted octanol–water partition coefficient (Wildman–Crippen LogP) is 4.04. The number of piperazine rings is 1. The molecule has 0 radical (unpaired) electrons. The number of aryl methyl sites for hydroxylation is 1. The molecule has 1 N–H and O–H groups in total. The van der Waals surface area contributed by atoms with Crippen molar-refractivity contribution in [3.63, 3.8) is 0 Å². The molecule has 2 heterocycles. The number of aromatic nitrogens is 2. The maximum Gasteiger partial charge on any atom is 0.233 e. The molecule has 0 unspecified atom stereocenters. The Morgan fingerprint density at radius 2 is 1.90 bits per heavy atom. The number of nitrogens with one attached hydrogen (secondary N) is 1. The summed E-state index contributed by atoms with van der Waals surface area (Å²) in [5.41, 5.74) is 3.43. The molecule has 0 saturated carbocycles. The molecule has 162 valence electrons. The van der Waals surface area contributed by atoms with E-state index in [4.69, 9.17) is 0 Å². The van der Waals surface area contributed by atoms with Gasteiger partial charge in [-0.1, -0.05) is 47.4 Å². The summed E-state index contributed by atoms with van der Waals surface area (Å²) < 4.78 is 13.7. The molecule has 9 heteroatoms. The molecule has 0 atom stereocenters. The number of carbonyl (C=O) groups is 1. The number of thioether (sulfide) groups is 1. The van der Waals surface area contributed by atoms with Crippen LogP contribution in [0.15, 0.2) is 52.9 Å². The first kappa shape index (κ1) is 21.6. The summed E-state index contributed by atoms with van der Waals surface area (Å²) in [6.07, 6.45) is 0. The Bertz CT molecular complexity index is 1020. The lowest BCUT2D eigenvalue weighted by Crippen LogP contribution is -2.49. The summed E-state index contributed by atoms with van der Waals surface area (Å²) in [7, 11) is 0. The summed E-state index contributed by atoms with van der Waals surface area (Å²) in [6, 6.07) is 14.8. The van der Waals surface area contributed by atoms with Gasteiger partial charge in [-0.25, -0.2) is 4.39 Å². The lowest BCUT2D eigenvalue weighted by molar-refractivity contribution is -0.128. The van der Waals surface area contributed by atoms with Gasteiger partial charge in [0.25, 0.3) is 0 Å². The van der Waals surface area contributed by atoms with Crippen molar-refractivity contribution in [3.8, 4) is 0 Å². The molecule has 1 saturated heterocycles. The molecule has 1 aliphatic rings. The molecule has 1 fully saturated rings. The van der Waals surface area contributed by atoms with Gasteiger partial charge < -0.3 is 15.1 Å². The molecule has 0 bridgehead atoms. The van der Waals surface area contributed by atoms with E-state index in [0.29, 0.717) is 17.4 Å². The molecule has 1 amide bonds. The Labute approximate surface area is 189 Å². The fourth-order valence-corrected chi connectivity index (χ4v) is 5.02. The minimum absolute atomic E-state index is 0.130. The molecule has 2 aromatic carbocycles. The summed E-state index contributed by atoms with van der Waals surface area (Å²) >= 11 is 2.84. The van der Waals surface area contributed by atoms with E-state index in [1.54, 1.807) is 12.1 Å². The van der Waals surface area contributed by atoms with Gasteiger partial charge in [0.05, 0.1) is 5.75 Å². The minimum atomic E-state index is -0.250. The smallest absolute Gasteiger partial charge is 0.233 e. The van der Waals surface area contributed by atoms with Crippen LogP contribution in [0.5, 0.6) is 0 Å². The predicted molar refractivity (Wildman–Crippen MR) is 124 cm³/mol. The van der Waals surface area contributed by atoms with E-state index in [0.717, 1.165) is 36.1 Å². The highest BCUT2D eigenvalue weighted by molar-refractivity contribution is 8.01. The normalized spacial score (nSPS) is 14.0. The van der Waals surface area contributed by atoms with Gasteiger partial charge in [-0.15, -0.1) is 10.2 Å². The van der Waals surface area contributed by atoms with Gasteiger partial charge in [0.15, 0.2) is 4.34 Å². The molecular formula is C22H24FN5OS2. The van der Waals surface area contributed by atoms with Crippen molar-refractivity contribution in [1.82, 2.24) is 15.1 Å². The van der Waals surface area contributed by atoms with Crippen molar-refractivity contribution in [2.45, 2.75) is 17.8 Å². The SMILES string of the molecule is Cc1cccc(N2CCN(C(=O)CSc3nnc(NCc4ccc(F)cc4)s3)CC2)c1. The zero-order valence-corrected chi connectivity index (χ0v) is 18.9. The summed E-state index contributed by atoms with van der Waals surface area (Å²) in [5.74, 6) is 0.237. The van der Waals surface area contributed by atoms with Gasteiger partial charge in [0.2, 0.25) is 11.0 Å². The molecule has 1 aromatic heterocycles. The van der Waals surface area contributed by atoms with Crippen LogP contribution in [-0.4, -0.2) is 52.9 Å². The second-order valence-corrected chi connectivity index (χ2v) is 9.55. The fraction of sp³-hybridized carbons (Fsp3) is 0.318. The Kier molecular flexibility index (Phi) is 7.03. The molecule has 31 heavy (non-hydrogen) atoms. The zero-order chi connectivity index (χ0) is 21.6. The topological polar surface area (TPSA) is 61.4 Å². The van der Waals surface area contributed by atoms with Crippen molar-refractivity contribution in [2.24, 2.45) is 0 Å². The Morgan fingerprint density at radius 1 is 1.13 bits per heavy atom. The lowest BCUT2D eigenvalue weighted by Gasteiger charge is -2.36. The van der Waals surface area contributed by atoms with Crippen LogP contribution in [0.1, 0.15) is 11.1 Å². The molecule has 0 spiro atoms. The number of hydrogen-bond acceptors (Lipinski definition) is 7. The number of nitrogens with zero attached hydrogens (tertiary/aromatic N) is 4. The first-order valence-electron chi connectivity index (χ1n) is 10.1. The van der Waals surface area contributed by atoms with Crippen LogP contribution in [0.3, 0.4) is 0 Å². The average molecular weight is 458 g/mol. The van der Waals surface area contributed by atoms with Crippen LogP contribution >= 0.6 is 23.1 Å². The Balaban J connectivity index is 1.21. The fourth-order valence-electron chi connectivity index (χ4n) is 3.37. The first-order chi connectivity index (χ1) is 15.1. The third-order valence-corrected chi connectivity index (χ3v) is 7.08. The van der Waals surface area contributed by atoms with E-state index < -0.39 is 0 Å². The van der Waals surface area contributed by atoms with Gasteiger partial charge >= 0.3 is 0 Å². The van der Waals surface area contributed by atoms with E-state index in [9.17, 15) is 9.18 Å². The van der Waals surface area contributed by atoms with Crippen molar-refractivity contribution >= 4 is 39.8 Å². The number of rotatable bonds is 7. The van der Waals surface area contributed by atoms with Gasteiger partial charge in [0, 0.05) is 38.4 Å². The summed E-state index contributed by atoms with van der Waals surface area (Å²) in [5, 5.41) is 12.1. The van der Waals surface area contributed by atoms with Crippen LogP contribution in [0, 0.1) is 12.7 Å². The van der Waals surface area contributed by atoms with Crippen LogP contribution in [0.4, 0.5) is 15.2 Å². The van der Waals surface area contributed by atoms with E-state index in [1.807, 2.05) is 4.90 Å². The Hall–Kier alpha value is -2.65. The number of benzene rings is 2. The van der Waals surface area contributed by atoms with Crippen LogP contribution in [0.25, 0.3) is 0 Å². The average Bonchev–Trinajstić information content (AvgIpc) is 3.25. The van der Waals surface area contributed by atoms with E-state index >= 15 is 0 Å². The van der Waals surface area contributed by atoms with Crippen LogP contribution in [-0.2, 0) is 11.3 Å². The quantitative estimate of drug-likeness (QED) is 0.541. The van der Waals surface area contributed by atoms with Gasteiger partial charge in [-0.05, 0) is 42.3 Å². The third kappa shape index (κ3) is 5.95. The van der Waals surface area contributed by atoms with Crippen molar-refractivity contribution in [1.29, 1.82) is 0 Å². The molecule has 4 rings (SSSR count). The first-order valence-corrected chi connectivity index (χ1v) is 11.9. The van der Waals surface area contributed by atoms with Crippen LogP contribution in [0.2, 0.25) is 0 Å². The molecular weight excluding hydrogens is 433 g/mol. The maximum absolute atomic E-state index is 13.0. The lowest BCUT2D eigenvalue weighted by atomic mass is 10.2. The maximum atomic E-state index is 13.0. The molecule has 3 aromatic rings. The van der Waals surface area contributed by atoms with Crippen molar-refractivity contribution < 1.29 is 9.18 Å². The standard InChI is InChI=1S/C22H24FN5OS2/c1-16-3-2-4-19(13-16)27-9-11-28(12-10-27)20(29)15-30-22-26-25-21(31-22)24-14-17-5-7-18(23)8-6-17/h2-8,13H,9-12,14-15H2,1H3,(H,24,25). The number of hydrogen-bond donors (Lipinski definition) is 1. The van der Waals surface area contributed by atoms with Crippen LogP contribution < -0.4 is 10.2 Å². The zero-order valence-electron chi connectivity index (χ0n) is 17.3. The van der Waals surface area contributed by atoms with Gasteiger partial charge in [-0.2, -0.15) is 0 Å². The van der Waals surface area contributed by atoms with E-state index in [2.05, 4.69) is 51.6 Å². The third-order valence-electron chi connectivity index (χ3n) is 5.08. The minimum Gasteiger partial charge on any atom is -0.368 e. The van der Waals surface area contributed by atoms with Gasteiger partial charge in [-0.3, -0.25) is 4.79 Å². The Morgan fingerprint density at radius 3 is 2.65 bits per heavy atom. The highest BCUT2D eigenvalue weighted by Gasteiger charge is 2.21. The summed E-state index contributed by atoms with van der Waals surface area (Å²) in [6.45, 7) is 5.79. The highest BCUT2D eigenvalue weighted by atomic mass is 32.2. The van der Waals surface area contributed by atoms with Gasteiger partial charge in [0.1, 0.15) is 5.82 Å². The molecule has 0 aliphatic carbocycles. The molecule has 6 nitrogen and oxygen atoms in total.